The Hall–Kier alpha value is -1.39. The third-order valence-electron chi connectivity index (χ3n) is 2.96. The first-order chi connectivity index (χ1) is 10.7. The van der Waals surface area contributed by atoms with Gasteiger partial charge in [0.2, 0.25) is 11.0 Å². The van der Waals surface area contributed by atoms with Crippen LogP contribution in [0.5, 0.6) is 0 Å². The van der Waals surface area contributed by atoms with E-state index in [-0.39, 0.29) is 23.9 Å². The van der Waals surface area contributed by atoms with Gasteiger partial charge in [0.05, 0.1) is 6.04 Å². The number of anilines is 1. The molecule has 0 bridgehead atoms. The van der Waals surface area contributed by atoms with Gasteiger partial charge in [0, 0.05) is 24.4 Å². The van der Waals surface area contributed by atoms with Gasteiger partial charge in [-0.05, 0) is 5.75 Å². The highest BCUT2D eigenvalue weighted by molar-refractivity contribution is 8.01. The molecule has 0 saturated carbocycles. The van der Waals surface area contributed by atoms with Crippen LogP contribution in [-0.2, 0) is 4.79 Å². The molecule has 10 heteroatoms. The highest BCUT2D eigenvalue weighted by Gasteiger charge is 2.27. The SMILES string of the molecule is CCSc1nnc(NC(=O)CC2CSc3nccc(=O)n32)s1. The lowest BCUT2D eigenvalue weighted by Crippen LogP contribution is -2.26. The van der Waals surface area contributed by atoms with Crippen molar-refractivity contribution < 1.29 is 4.79 Å². The molecule has 1 aliphatic heterocycles. The van der Waals surface area contributed by atoms with E-state index in [0.29, 0.717) is 16.0 Å². The molecule has 3 rings (SSSR count). The van der Waals surface area contributed by atoms with Gasteiger partial charge in [0.25, 0.3) is 5.56 Å². The van der Waals surface area contributed by atoms with Crippen LogP contribution < -0.4 is 10.9 Å². The zero-order valence-corrected chi connectivity index (χ0v) is 14.1. The third kappa shape index (κ3) is 3.33. The van der Waals surface area contributed by atoms with Crippen LogP contribution in [-0.4, -0.2) is 37.2 Å². The second-order valence-electron chi connectivity index (χ2n) is 4.46. The van der Waals surface area contributed by atoms with Gasteiger partial charge in [-0.15, -0.1) is 10.2 Å². The number of thioether (sulfide) groups is 2. The van der Waals surface area contributed by atoms with Crippen molar-refractivity contribution in [3.05, 3.63) is 22.6 Å². The van der Waals surface area contributed by atoms with E-state index < -0.39 is 0 Å². The zero-order valence-electron chi connectivity index (χ0n) is 11.7. The van der Waals surface area contributed by atoms with Crippen LogP contribution in [0.3, 0.4) is 0 Å². The Morgan fingerprint density at radius 2 is 2.41 bits per heavy atom. The van der Waals surface area contributed by atoms with Gasteiger partial charge in [-0.3, -0.25) is 14.2 Å². The zero-order chi connectivity index (χ0) is 15.5. The standard InChI is InChI=1S/C12H13N5O2S3/c1-2-20-12-16-15-10(22-12)14-8(18)5-7-6-21-11-13-4-3-9(19)17(7)11/h3-4,7H,2,5-6H2,1H3,(H,14,15,18). The third-order valence-corrected chi connectivity index (χ3v) is 5.92. The summed E-state index contributed by atoms with van der Waals surface area (Å²) in [6.07, 6.45) is 1.72. The minimum absolute atomic E-state index is 0.120. The van der Waals surface area contributed by atoms with Gasteiger partial charge in [-0.1, -0.05) is 41.8 Å². The number of fused-ring (bicyclic) bond motifs is 1. The molecule has 22 heavy (non-hydrogen) atoms. The molecule has 1 atom stereocenters. The number of rotatable bonds is 5. The summed E-state index contributed by atoms with van der Waals surface area (Å²) in [6, 6.07) is 1.25. The molecule has 1 N–H and O–H groups in total. The first-order valence-corrected chi connectivity index (χ1v) is 9.42. The molecular weight excluding hydrogens is 342 g/mol. The number of hydrogen-bond donors (Lipinski definition) is 1. The Morgan fingerprint density at radius 3 is 3.23 bits per heavy atom. The van der Waals surface area contributed by atoms with Gasteiger partial charge in [-0.2, -0.15) is 0 Å². The minimum atomic E-state index is -0.168. The van der Waals surface area contributed by atoms with E-state index in [9.17, 15) is 9.59 Å². The second-order valence-corrected chi connectivity index (χ2v) is 7.93. The molecule has 0 aromatic carbocycles. The average molecular weight is 355 g/mol. The highest BCUT2D eigenvalue weighted by atomic mass is 32.2. The summed E-state index contributed by atoms with van der Waals surface area (Å²) in [5.41, 5.74) is -0.120. The molecule has 0 radical (unpaired) electrons. The molecule has 1 aliphatic rings. The Kier molecular flexibility index (Phi) is 4.79. The maximum atomic E-state index is 12.1. The minimum Gasteiger partial charge on any atom is -0.300 e. The van der Waals surface area contributed by atoms with E-state index in [1.165, 1.54) is 35.4 Å². The van der Waals surface area contributed by atoms with Gasteiger partial charge >= 0.3 is 0 Å². The number of carbonyl (C=O) groups is 1. The first-order valence-electron chi connectivity index (χ1n) is 6.64. The van der Waals surface area contributed by atoms with Gasteiger partial charge in [0.1, 0.15) is 0 Å². The Labute approximate surface area is 138 Å². The lowest BCUT2D eigenvalue weighted by atomic mass is 10.2. The van der Waals surface area contributed by atoms with E-state index in [4.69, 9.17) is 0 Å². The van der Waals surface area contributed by atoms with Crippen LogP contribution in [0.4, 0.5) is 5.13 Å². The quantitative estimate of drug-likeness (QED) is 0.497. The van der Waals surface area contributed by atoms with E-state index in [2.05, 4.69) is 20.5 Å². The van der Waals surface area contributed by atoms with E-state index >= 15 is 0 Å². The molecule has 0 saturated heterocycles. The van der Waals surface area contributed by atoms with Crippen molar-refractivity contribution in [2.45, 2.75) is 28.9 Å². The fourth-order valence-corrected chi connectivity index (χ4v) is 4.85. The van der Waals surface area contributed by atoms with Gasteiger partial charge in [0.15, 0.2) is 9.50 Å². The predicted molar refractivity (Wildman–Crippen MR) is 87.8 cm³/mol. The number of amides is 1. The van der Waals surface area contributed by atoms with Crippen molar-refractivity contribution in [2.75, 3.05) is 16.8 Å². The lowest BCUT2D eigenvalue weighted by molar-refractivity contribution is -0.116. The Bertz CT molecular complexity index is 744. The summed E-state index contributed by atoms with van der Waals surface area (Å²) in [7, 11) is 0. The smallest absolute Gasteiger partial charge is 0.254 e. The van der Waals surface area contributed by atoms with E-state index in [0.717, 1.165) is 10.1 Å². The Morgan fingerprint density at radius 1 is 1.55 bits per heavy atom. The first kappa shape index (κ1) is 15.5. The molecule has 3 heterocycles. The summed E-state index contributed by atoms with van der Waals surface area (Å²) >= 11 is 4.43. The van der Waals surface area contributed by atoms with Gasteiger partial charge in [-0.25, -0.2) is 4.98 Å². The van der Waals surface area contributed by atoms with Crippen molar-refractivity contribution in [2.24, 2.45) is 0 Å². The lowest BCUT2D eigenvalue weighted by Gasteiger charge is -2.11. The summed E-state index contributed by atoms with van der Waals surface area (Å²) in [6.45, 7) is 2.03. The largest absolute Gasteiger partial charge is 0.300 e. The normalized spacial score (nSPS) is 16.5. The summed E-state index contributed by atoms with van der Waals surface area (Å²) in [5.74, 6) is 1.42. The predicted octanol–water partition coefficient (Wildman–Crippen LogP) is 1.88. The van der Waals surface area contributed by atoms with E-state index in [1.54, 1.807) is 16.3 Å². The summed E-state index contributed by atoms with van der Waals surface area (Å²) in [5, 5.41) is 11.8. The molecule has 0 aliphatic carbocycles. The number of nitrogens with zero attached hydrogens (tertiary/aromatic N) is 4. The van der Waals surface area contributed by atoms with Crippen molar-refractivity contribution >= 4 is 45.9 Å². The van der Waals surface area contributed by atoms with Crippen molar-refractivity contribution in [3.8, 4) is 0 Å². The average Bonchev–Trinajstić information content (AvgIpc) is 3.08. The van der Waals surface area contributed by atoms with Crippen LogP contribution in [0.15, 0.2) is 26.6 Å². The van der Waals surface area contributed by atoms with Gasteiger partial charge < -0.3 is 5.32 Å². The monoisotopic (exact) mass is 355 g/mol. The molecule has 1 amide bonds. The number of nitrogens with one attached hydrogen (secondary N) is 1. The van der Waals surface area contributed by atoms with Crippen molar-refractivity contribution in [3.63, 3.8) is 0 Å². The number of hydrogen-bond acceptors (Lipinski definition) is 8. The van der Waals surface area contributed by atoms with Crippen molar-refractivity contribution in [1.82, 2.24) is 19.7 Å². The summed E-state index contributed by atoms with van der Waals surface area (Å²) in [4.78, 5) is 28.2. The van der Waals surface area contributed by atoms with Crippen LogP contribution in [0, 0.1) is 0 Å². The molecule has 2 aromatic heterocycles. The molecule has 0 spiro atoms. The summed E-state index contributed by atoms with van der Waals surface area (Å²) < 4.78 is 2.42. The van der Waals surface area contributed by atoms with Crippen LogP contribution in [0.25, 0.3) is 0 Å². The fourth-order valence-electron chi connectivity index (χ4n) is 2.07. The van der Waals surface area contributed by atoms with Crippen LogP contribution in [0.1, 0.15) is 19.4 Å². The van der Waals surface area contributed by atoms with E-state index in [1.807, 2.05) is 6.92 Å². The van der Waals surface area contributed by atoms with Crippen LogP contribution in [0.2, 0.25) is 0 Å². The molecule has 7 nitrogen and oxygen atoms in total. The highest BCUT2D eigenvalue weighted by Crippen LogP contribution is 2.32. The fraction of sp³-hybridized carbons (Fsp3) is 0.417. The second kappa shape index (κ2) is 6.80. The Balaban J connectivity index is 1.65. The maximum absolute atomic E-state index is 12.1. The molecular formula is C12H13N5O2S3. The molecule has 1 unspecified atom stereocenters. The number of aromatic nitrogens is 4. The maximum Gasteiger partial charge on any atom is 0.254 e. The molecule has 0 fully saturated rings. The topological polar surface area (TPSA) is 89.8 Å². The number of carbonyl (C=O) groups excluding carboxylic acids is 1. The van der Waals surface area contributed by atoms with Crippen molar-refractivity contribution in [1.29, 1.82) is 0 Å². The molecule has 116 valence electrons. The van der Waals surface area contributed by atoms with Crippen LogP contribution >= 0.6 is 34.9 Å². The molecule has 2 aromatic rings.